The maximum absolute atomic E-state index is 12.1. The minimum absolute atomic E-state index is 0.165. The molecule has 0 saturated carbocycles. The number of aliphatic carboxylic acids is 1. The van der Waals surface area contributed by atoms with Crippen LogP contribution >= 0.6 is 0 Å². The largest absolute Gasteiger partial charge is 0.481 e. The van der Waals surface area contributed by atoms with Crippen molar-refractivity contribution in [1.29, 1.82) is 0 Å². The predicted octanol–water partition coefficient (Wildman–Crippen LogP) is -1.72. The van der Waals surface area contributed by atoms with E-state index in [4.69, 9.17) is 5.11 Å². The van der Waals surface area contributed by atoms with Crippen molar-refractivity contribution in [2.45, 2.75) is 18.5 Å². The highest BCUT2D eigenvalue weighted by atomic mass is 32.2. The summed E-state index contributed by atoms with van der Waals surface area (Å²) in [6, 6.07) is -2.42. The first kappa shape index (κ1) is 15.3. The maximum Gasteiger partial charge on any atom is 0.318 e. The number of carboxylic acid groups (broad SMARTS) is 1. The molecule has 116 valence electrons. The standard InChI is InChI=1S/C11H15N3O6S/c15-9(16)5-8-10(17)12-2-3-14(8)11(18)13-7-1-4-21(19,20)6-7/h1,4,7-8H,2-3,5-6H2,(H,12,17)(H,13,18)(H,15,16). The van der Waals surface area contributed by atoms with Gasteiger partial charge in [-0.3, -0.25) is 9.59 Å². The molecule has 0 aliphatic carbocycles. The second kappa shape index (κ2) is 5.72. The molecule has 2 atom stereocenters. The second-order valence-corrected chi connectivity index (χ2v) is 6.74. The molecule has 0 aromatic carbocycles. The van der Waals surface area contributed by atoms with Crippen molar-refractivity contribution >= 4 is 27.7 Å². The molecule has 2 aliphatic rings. The van der Waals surface area contributed by atoms with Gasteiger partial charge in [0, 0.05) is 18.5 Å². The lowest BCUT2D eigenvalue weighted by atomic mass is 10.1. The first-order valence-corrected chi connectivity index (χ1v) is 7.97. The van der Waals surface area contributed by atoms with Gasteiger partial charge in [-0.05, 0) is 6.08 Å². The lowest BCUT2D eigenvalue weighted by molar-refractivity contribution is -0.142. The highest BCUT2D eigenvalue weighted by Gasteiger charge is 2.36. The van der Waals surface area contributed by atoms with Crippen LogP contribution in [0.2, 0.25) is 0 Å². The van der Waals surface area contributed by atoms with Gasteiger partial charge >= 0.3 is 12.0 Å². The second-order valence-electron chi connectivity index (χ2n) is 4.81. The summed E-state index contributed by atoms with van der Waals surface area (Å²) in [7, 11) is -3.30. The Kier molecular flexibility index (Phi) is 4.16. The van der Waals surface area contributed by atoms with E-state index in [1.54, 1.807) is 0 Å². The molecule has 0 radical (unpaired) electrons. The van der Waals surface area contributed by atoms with Crippen LogP contribution in [0.4, 0.5) is 4.79 Å². The molecule has 2 heterocycles. The summed E-state index contributed by atoms with van der Waals surface area (Å²) in [6.45, 7) is 0.389. The van der Waals surface area contributed by atoms with Crippen LogP contribution in [0.3, 0.4) is 0 Å². The normalized spacial score (nSPS) is 27.2. The van der Waals surface area contributed by atoms with E-state index < -0.39 is 46.2 Å². The lowest BCUT2D eigenvalue weighted by Crippen LogP contribution is -2.60. The molecular weight excluding hydrogens is 302 g/mol. The van der Waals surface area contributed by atoms with E-state index in [1.165, 1.54) is 6.08 Å². The molecule has 0 spiro atoms. The molecule has 2 unspecified atom stereocenters. The molecular formula is C11H15N3O6S. The van der Waals surface area contributed by atoms with Crippen molar-refractivity contribution in [3.63, 3.8) is 0 Å². The van der Waals surface area contributed by atoms with Crippen LogP contribution < -0.4 is 10.6 Å². The van der Waals surface area contributed by atoms with Gasteiger partial charge in [0.25, 0.3) is 0 Å². The number of sulfone groups is 1. The zero-order chi connectivity index (χ0) is 15.6. The summed E-state index contributed by atoms with van der Waals surface area (Å²) in [5.74, 6) is -1.96. The zero-order valence-electron chi connectivity index (χ0n) is 11.0. The molecule has 10 heteroatoms. The van der Waals surface area contributed by atoms with Crippen molar-refractivity contribution < 1.29 is 27.9 Å². The zero-order valence-corrected chi connectivity index (χ0v) is 11.8. The first-order chi connectivity index (χ1) is 9.78. The van der Waals surface area contributed by atoms with Crippen LogP contribution in [0.5, 0.6) is 0 Å². The van der Waals surface area contributed by atoms with Crippen LogP contribution in [0.1, 0.15) is 6.42 Å². The molecule has 9 nitrogen and oxygen atoms in total. The fraction of sp³-hybridized carbons (Fsp3) is 0.545. The minimum Gasteiger partial charge on any atom is -0.481 e. The average molecular weight is 317 g/mol. The molecule has 1 fully saturated rings. The first-order valence-electron chi connectivity index (χ1n) is 6.26. The van der Waals surface area contributed by atoms with Crippen molar-refractivity contribution in [3.05, 3.63) is 11.5 Å². The van der Waals surface area contributed by atoms with Crippen molar-refractivity contribution in [2.24, 2.45) is 0 Å². The van der Waals surface area contributed by atoms with Crippen LogP contribution in [0.25, 0.3) is 0 Å². The van der Waals surface area contributed by atoms with E-state index in [2.05, 4.69) is 10.6 Å². The van der Waals surface area contributed by atoms with Crippen LogP contribution in [0, 0.1) is 0 Å². The number of carbonyl (C=O) groups is 3. The van der Waals surface area contributed by atoms with Crippen LogP contribution in [-0.4, -0.2) is 67.3 Å². The molecule has 3 N–H and O–H groups in total. The summed E-state index contributed by atoms with van der Waals surface area (Å²) in [4.78, 5) is 35.7. The summed E-state index contributed by atoms with van der Waals surface area (Å²) in [6.07, 6.45) is 0.849. The minimum atomic E-state index is -3.30. The topological polar surface area (TPSA) is 133 Å². The Labute approximate surface area is 120 Å². The van der Waals surface area contributed by atoms with Gasteiger partial charge in [-0.2, -0.15) is 0 Å². The van der Waals surface area contributed by atoms with E-state index in [0.717, 1.165) is 10.3 Å². The fourth-order valence-corrected chi connectivity index (χ4v) is 3.47. The lowest BCUT2D eigenvalue weighted by Gasteiger charge is -2.34. The van der Waals surface area contributed by atoms with Gasteiger partial charge in [-0.15, -0.1) is 0 Å². The predicted molar refractivity (Wildman–Crippen MR) is 71.0 cm³/mol. The van der Waals surface area contributed by atoms with E-state index in [1.807, 2.05) is 0 Å². The Morgan fingerprint density at radius 3 is 2.76 bits per heavy atom. The van der Waals surface area contributed by atoms with Crippen molar-refractivity contribution in [1.82, 2.24) is 15.5 Å². The van der Waals surface area contributed by atoms with Crippen molar-refractivity contribution in [3.8, 4) is 0 Å². The molecule has 0 bridgehead atoms. The number of hydrogen-bond acceptors (Lipinski definition) is 5. The summed E-state index contributed by atoms with van der Waals surface area (Å²) < 4.78 is 22.5. The quantitative estimate of drug-likeness (QED) is 0.567. The summed E-state index contributed by atoms with van der Waals surface area (Å²) in [5.41, 5.74) is 0. The number of rotatable bonds is 3. The van der Waals surface area contributed by atoms with Gasteiger partial charge in [0.15, 0.2) is 9.84 Å². The molecule has 0 aromatic heterocycles. The van der Waals surface area contributed by atoms with E-state index in [0.29, 0.717) is 0 Å². The smallest absolute Gasteiger partial charge is 0.318 e. The number of hydrogen-bond donors (Lipinski definition) is 3. The number of nitrogens with one attached hydrogen (secondary N) is 2. The number of piperazine rings is 1. The van der Waals surface area contributed by atoms with Crippen molar-refractivity contribution in [2.75, 3.05) is 18.8 Å². The molecule has 3 amide bonds. The van der Waals surface area contributed by atoms with Gasteiger partial charge < -0.3 is 20.6 Å². The maximum atomic E-state index is 12.1. The number of urea groups is 1. The number of carboxylic acids is 1. The third-order valence-electron chi connectivity index (χ3n) is 3.20. The van der Waals surface area contributed by atoms with E-state index >= 15 is 0 Å². The van der Waals surface area contributed by atoms with E-state index in [9.17, 15) is 22.8 Å². The van der Waals surface area contributed by atoms with Gasteiger partial charge in [-0.25, -0.2) is 13.2 Å². The Balaban J connectivity index is 2.04. The van der Waals surface area contributed by atoms with Gasteiger partial charge in [-0.1, -0.05) is 0 Å². The van der Waals surface area contributed by atoms with E-state index in [-0.39, 0.29) is 18.8 Å². The number of amides is 3. The average Bonchev–Trinajstić information content (AvgIpc) is 2.70. The van der Waals surface area contributed by atoms with Gasteiger partial charge in [0.05, 0.1) is 18.2 Å². The third-order valence-corrected chi connectivity index (χ3v) is 4.59. The monoisotopic (exact) mass is 317 g/mol. The number of nitrogens with zero attached hydrogens (tertiary/aromatic N) is 1. The third kappa shape index (κ3) is 3.72. The van der Waals surface area contributed by atoms with Crippen LogP contribution in [0.15, 0.2) is 11.5 Å². The summed E-state index contributed by atoms with van der Waals surface area (Å²) in [5, 5.41) is 14.8. The molecule has 0 aromatic rings. The molecule has 2 aliphatic heterocycles. The van der Waals surface area contributed by atoms with Crippen LogP contribution in [-0.2, 0) is 19.4 Å². The Hall–Kier alpha value is -2.10. The molecule has 21 heavy (non-hydrogen) atoms. The molecule has 1 saturated heterocycles. The highest BCUT2D eigenvalue weighted by Crippen LogP contribution is 2.12. The Morgan fingerprint density at radius 1 is 1.48 bits per heavy atom. The molecule has 2 rings (SSSR count). The Morgan fingerprint density at radius 2 is 2.19 bits per heavy atom. The summed E-state index contributed by atoms with van der Waals surface area (Å²) >= 11 is 0. The number of carbonyl (C=O) groups excluding carboxylic acids is 2. The fourth-order valence-electron chi connectivity index (χ4n) is 2.23. The van der Waals surface area contributed by atoms with Gasteiger partial charge in [0.1, 0.15) is 6.04 Å². The van der Waals surface area contributed by atoms with Gasteiger partial charge in [0.2, 0.25) is 5.91 Å². The highest BCUT2D eigenvalue weighted by molar-refractivity contribution is 7.94. The SMILES string of the molecule is O=C(O)CC1C(=O)NCCN1C(=O)NC1C=CS(=O)(=O)C1. The Bertz CT molecular complexity index is 599.